The van der Waals surface area contributed by atoms with E-state index < -0.39 is 11.7 Å². The zero-order chi connectivity index (χ0) is 29.9. The van der Waals surface area contributed by atoms with E-state index in [0.29, 0.717) is 5.56 Å². The average Bonchev–Trinajstić information content (AvgIpc) is 3.53. The normalized spacial score (nSPS) is 13.6. The van der Waals surface area contributed by atoms with E-state index in [-0.39, 0.29) is 10.8 Å². The molecule has 0 atom stereocenters. The van der Waals surface area contributed by atoms with Crippen LogP contribution < -0.4 is 0 Å². The third-order valence-corrected chi connectivity index (χ3v) is 7.87. The Balaban J connectivity index is 0.000000214. The molecule has 0 nitrogen and oxygen atoms in total. The first-order valence-corrected chi connectivity index (χ1v) is 15.0. The summed E-state index contributed by atoms with van der Waals surface area (Å²) in [6.45, 7) is 18.2. The van der Waals surface area contributed by atoms with Crippen LogP contribution in [0.3, 0.4) is 0 Å². The summed E-state index contributed by atoms with van der Waals surface area (Å²) in [4.78, 5) is 0. The predicted molar refractivity (Wildman–Crippen MR) is 159 cm³/mol. The number of halogens is 3. The van der Waals surface area contributed by atoms with Crippen LogP contribution >= 0.6 is 0 Å². The summed E-state index contributed by atoms with van der Waals surface area (Å²) in [6.07, 6.45) is 6.80. The maximum absolute atomic E-state index is 12.1. The maximum atomic E-state index is 12.1. The number of fused-ring (bicyclic) bond motifs is 3. The van der Waals surface area contributed by atoms with E-state index in [1.54, 1.807) is 9.78 Å². The number of aryl methyl sites for hydroxylation is 2. The molecule has 0 unspecified atom stereocenters. The van der Waals surface area contributed by atoms with Gasteiger partial charge in [-0.15, -0.1) is 23.1 Å². The summed E-state index contributed by atoms with van der Waals surface area (Å²) in [5.74, 6) is 0. The van der Waals surface area contributed by atoms with Crippen LogP contribution in [0.25, 0.3) is 11.1 Å². The van der Waals surface area contributed by atoms with E-state index in [1.807, 2.05) is 12.2 Å². The molecule has 0 N–H and O–H groups in total. The molecule has 0 aromatic heterocycles. The van der Waals surface area contributed by atoms with Crippen LogP contribution in [0.5, 0.6) is 0 Å². The maximum Gasteiger partial charge on any atom is -0.109 e. The smallest absolute Gasteiger partial charge is 0.109 e. The van der Waals surface area contributed by atoms with Crippen molar-refractivity contribution in [2.45, 2.75) is 85.2 Å². The minimum atomic E-state index is -4.23. The van der Waals surface area contributed by atoms with Gasteiger partial charge < -0.3 is 0 Å². The van der Waals surface area contributed by atoms with E-state index in [1.165, 1.54) is 50.6 Å². The molecule has 2 aliphatic carbocycles. The molecule has 3 aromatic rings. The summed E-state index contributed by atoms with van der Waals surface area (Å²) >= 11 is 1.10. The van der Waals surface area contributed by atoms with Gasteiger partial charge in [-0.3, -0.25) is 6.08 Å². The number of allylic oxidation sites excluding steroid dienone is 4. The molecule has 40 heavy (non-hydrogen) atoms. The Morgan fingerprint density at radius 2 is 1.50 bits per heavy atom. The van der Waals surface area contributed by atoms with Crippen LogP contribution in [-0.2, 0) is 47.7 Å². The Hall–Kier alpha value is -2.32. The van der Waals surface area contributed by atoms with Crippen LogP contribution in [-0.4, -0.2) is 3.71 Å². The molecule has 0 radical (unpaired) electrons. The average molecular weight is 620 g/mol. The van der Waals surface area contributed by atoms with Crippen LogP contribution in [0.4, 0.5) is 13.2 Å². The second-order valence-corrected chi connectivity index (χ2v) is 13.2. The molecule has 208 valence electrons. The van der Waals surface area contributed by atoms with Crippen molar-refractivity contribution in [3.63, 3.8) is 0 Å². The molecular formula is C36H39F3Zr. The van der Waals surface area contributed by atoms with Crippen molar-refractivity contribution in [3.05, 3.63) is 117 Å². The van der Waals surface area contributed by atoms with Crippen molar-refractivity contribution in [3.8, 4) is 11.1 Å². The van der Waals surface area contributed by atoms with Crippen LogP contribution in [0.2, 0.25) is 0 Å². The number of rotatable bonds is 1. The van der Waals surface area contributed by atoms with Gasteiger partial charge in [0.25, 0.3) is 0 Å². The first kappa shape index (κ1) is 32.2. The molecule has 0 fully saturated rings. The van der Waals surface area contributed by atoms with Crippen molar-refractivity contribution in [1.82, 2.24) is 0 Å². The van der Waals surface area contributed by atoms with Crippen LogP contribution in [0.1, 0.15) is 92.5 Å². The van der Waals surface area contributed by atoms with Crippen molar-refractivity contribution in [1.29, 1.82) is 0 Å². The van der Waals surface area contributed by atoms with Gasteiger partial charge in [0.05, 0.1) is 0 Å². The first-order valence-electron chi connectivity index (χ1n) is 13.6. The summed E-state index contributed by atoms with van der Waals surface area (Å²) in [6, 6.07) is 16.2. The van der Waals surface area contributed by atoms with Crippen LogP contribution in [0, 0.1) is 26.0 Å². The molecule has 0 bridgehead atoms. The van der Waals surface area contributed by atoms with Crippen molar-refractivity contribution in [2.24, 2.45) is 0 Å². The van der Waals surface area contributed by atoms with Crippen molar-refractivity contribution >= 4 is 3.71 Å². The first-order chi connectivity index (χ1) is 18.5. The Bertz CT molecular complexity index is 1350. The molecule has 3 aromatic carbocycles. The fraction of sp³-hybridized carbons (Fsp3) is 0.361. The molecule has 0 saturated carbocycles. The predicted octanol–water partition coefficient (Wildman–Crippen LogP) is 9.98. The van der Waals surface area contributed by atoms with E-state index in [0.717, 1.165) is 49.2 Å². The van der Waals surface area contributed by atoms with Gasteiger partial charge in [-0.1, -0.05) is 71.6 Å². The van der Waals surface area contributed by atoms with E-state index in [2.05, 4.69) is 91.8 Å². The number of hydrogen-bond donors (Lipinski definition) is 0. The summed E-state index contributed by atoms with van der Waals surface area (Å²) < 4.78 is 38.0. The summed E-state index contributed by atoms with van der Waals surface area (Å²) in [7, 11) is 0. The van der Waals surface area contributed by atoms with Crippen molar-refractivity contribution in [2.75, 3.05) is 0 Å². The molecule has 2 aliphatic rings. The van der Waals surface area contributed by atoms with Gasteiger partial charge >= 0.3 is 82.7 Å². The molecule has 0 aliphatic heterocycles. The standard InChI is InChI=1S/C23H29.C8H5F3.C5H5.Zr/c1-14-9-16-11-17-10-15(2)21(23(6,7)8)13-19(17)18(16)12-20(14)22(3,4)5;1-6-3-2-4-7(5-6)8(9,10)11;1-2-4-5-3-1;/h9,12-13H,11H2,1-8H3;1-5H;1-3H,4H2;/q-1;;-1;+2. The largest absolute Gasteiger partial charge is 0.273 e. The monoisotopic (exact) mass is 618 g/mol. The zero-order valence-corrected chi connectivity index (χ0v) is 27.4. The summed E-state index contributed by atoms with van der Waals surface area (Å²) in [5.41, 5.74) is 11.7. The second-order valence-electron chi connectivity index (χ2n) is 12.5. The Morgan fingerprint density at radius 1 is 0.850 bits per heavy atom. The van der Waals surface area contributed by atoms with Crippen molar-refractivity contribution < 1.29 is 37.4 Å². The fourth-order valence-electron chi connectivity index (χ4n) is 5.17. The molecule has 0 heterocycles. The van der Waals surface area contributed by atoms with Crippen LogP contribution in [0.15, 0.2) is 60.7 Å². The number of alkyl halides is 3. The van der Waals surface area contributed by atoms with E-state index in [9.17, 15) is 13.2 Å². The van der Waals surface area contributed by atoms with Gasteiger partial charge in [-0.05, 0) is 35.4 Å². The van der Waals surface area contributed by atoms with Gasteiger partial charge in [0.2, 0.25) is 0 Å². The minimum Gasteiger partial charge on any atom is -0.273 e. The number of hydrogen-bond acceptors (Lipinski definition) is 0. The second kappa shape index (κ2) is 12.7. The van der Waals surface area contributed by atoms with Gasteiger partial charge in [-0.25, -0.2) is 12.2 Å². The fourth-order valence-corrected chi connectivity index (χ4v) is 5.61. The third-order valence-electron chi connectivity index (χ3n) is 7.05. The van der Waals surface area contributed by atoms with Gasteiger partial charge in [0.15, 0.2) is 0 Å². The molecule has 0 saturated heterocycles. The molecule has 0 amide bonds. The minimum absolute atomic E-state index is 0.163. The van der Waals surface area contributed by atoms with E-state index >= 15 is 0 Å². The molecule has 0 spiro atoms. The van der Waals surface area contributed by atoms with E-state index in [4.69, 9.17) is 0 Å². The van der Waals surface area contributed by atoms with Gasteiger partial charge in [-0.2, -0.15) is 23.8 Å². The Labute approximate surface area is 253 Å². The molecular weight excluding hydrogens is 581 g/mol. The van der Waals surface area contributed by atoms with Gasteiger partial charge in [0.1, 0.15) is 0 Å². The SMILES string of the molecule is Cc1[c-]c2c(cc1C(C)(C)C)-c1cc(C(C)(C)C)c(C)cc1C2.FC(F)(F)c1cccc([CH]=[Zr+2])c1.[C-]1=CC=CC1. The topological polar surface area (TPSA) is 0 Å². The Kier molecular flexibility index (Phi) is 10.2. The summed E-state index contributed by atoms with van der Waals surface area (Å²) in [5, 5.41) is 0. The zero-order valence-electron chi connectivity index (χ0n) is 24.9. The quantitative estimate of drug-likeness (QED) is 0.186. The van der Waals surface area contributed by atoms with Gasteiger partial charge in [0, 0.05) is 0 Å². The molecule has 4 heteroatoms. The Morgan fingerprint density at radius 3 is 2.00 bits per heavy atom. The molecule has 5 rings (SSSR count). The third kappa shape index (κ3) is 8.13. The number of benzene rings is 3.